The molecule has 1 unspecified atom stereocenters. The molecule has 106 valence electrons. The van der Waals surface area contributed by atoms with Crippen LogP contribution in [0.15, 0.2) is 0 Å². The largest absolute Gasteiger partial charge is 0.304 e. The predicted molar refractivity (Wildman–Crippen MR) is 77.5 cm³/mol. The van der Waals surface area contributed by atoms with Gasteiger partial charge in [0.1, 0.15) is 5.78 Å². The first-order valence-electron chi connectivity index (χ1n) is 6.20. The van der Waals surface area contributed by atoms with Gasteiger partial charge in [-0.25, -0.2) is 0 Å². The minimum absolute atomic E-state index is 0.0325. The third-order valence-electron chi connectivity index (χ3n) is 2.95. The molecule has 5 heteroatoms. The van der Waals surface area contributed by atoms with E-state index < -0.39 is 0 Å². The van der Waals surface area contributed by atoms with E-state index in [0.717, 1.165) is 0 Å². The smallest absolute Gasteiger partial charge is 0.232 e. The van der Waals surface area contributed by atoms with Gasteiger partial charge in [0.05, 0.1) is 0 Å². The molecule has 0 N–H and O–H groups in total. The highest BCUT2D eigenvalue weighted by molar-refractivity contribution is 7.78. The van der Waals surface area contributed by atoms with Crippen molar-refractivity contribution < 1.29 is 9.59 Å². The maximum atomic E-state index is 11.8. The Morgan fingerprint density at radius 2 is 1.67 bits per heavy atom. The summed E-state index contributed by atoms with van der Waals surface area (Å²) in [6.45, 7) is 8.46. The highest BCUT2D eigenvalue weighted by Crippen LogP contribution is 2.24. The molecule has 4 nitrogen and oxygen atoms in total. The summed E-state index contributed by atoms with van der Waals surface area (Å²) in [7, 11) is 4.00. The second-order valence-corrected chi connectivity index (χ2v) is 6.51. The average molecular weight is 274 g/mol. The van der Waals surface area contributed by atoms with Crippen molar-refractivity contribution in [3.05, 3.63) is 0 Å². The van der Waals surface area contributed by atoms with Crippen LogP contribution in [0.1, 0.15) is 40.5 Å². The van der Waals surface area contributed by atoms with Crippen molar-refractivity contribution in [1.29, 1.82) is 0 Å². The molecule has 1 amide bonds. The highest BCUT2D eigenvalue weighted by atomic mass is 32.1. The Bertz CT molecular complexity index is 298. The lowest BCUT2D eigenvalue weighted by Gasteiger charge is -2.38. The van der Waals surface area contributed by atoms with Gasteiger partial charge in [-0.15, -0.1) is 0 Å². The van der Waals surface area contributed by atoms with E-state index in [1.165, 1.54) is 11.2 Å². The first-order chi connectivity index (χ1) is 8.05. The summed E-state index contributed by atoms with van der Waals surface area (Å²) >= 11 is 4.24. The molecule has 0 radical (unpaired) electrons. The molecule has 0 aliphatic carbocycles. The molecule has 1 atom stereocenters. The number of hydrogen-bond donors (Lipinski definition) is 1. The van der Waals surface area contributed by atoms with Gasteiger partial charge in [0.2, 0.25) is 5.91 Å². The number of Topliss-reactive ketones (excluding diaryl/α,β-unsaturated/α-hetero) is 1. The van der Waals surface area contributed by atoms with Crippen LogP contribution >= 0.6 is 12.8 Å². The summed E-state index contributed by atoms with van der Waals surface area (Å²) in [5.41, 5.74) is 0.0608. The van der Waals surface area contributed by atoms with Gasteiger partial charge in [-0.3, -0.25) is 9.10 Å². The molecule has 0 saturated carbocycles. The molecule has 0 aromatic heterocycles. The average Bonchev–Trinajstić information content (AvgIpc) is 2.19. The molecule has 18 heavy (non-hydrogen) atoms. The molecule has 0 aromatic rings. The summed E-state index contributed by atoms with van der Waals surface area (Å²) in [6.07, 6.45) is 0.529. The number of amides is 1. The number of carbonyl (C=O) groups is 2. The molecular formula is C13H26N2O2S. The zero-order valence-electron chi connectivity index (χ0n) is 12.4. The SMILES string of the molecule is CC(=O)CCC(=O)N(S)CC(N(C)C)C(C)(C)C. The number of carbonyl (C=O) groups excluding carboxylic acids is 2. The van der Waals surface area contributed by atoms with E-state index in [2.05, 4.69) is 38.5 Å². The fraction of sp³-hybridized carbons (Fsp3) is 0.846. The number of rotatable bonds is 6. The van der Waals surface area contributed by atoms with Crippen LogP contribution in [0.3, 0.4) is 0 Å². The number of hydrogen-bond acceptors (Lipinski definition) is 4. The normalized spacial score (nSPS) is 13.6. The van der Waals surface area contributed by atoms with E-state index in [9.17, 15) is 9.59 Å². The van der Waals surface area contributed by atoms with Crippen molar-refractivity contribution in [2.24, 2.45) is 5.41 Å². The maximum absolute atomic E-state index is 11.8. The number of thiol groups is 1. The zero-order chi connectivity index (χ0) is 14.5. The third-order valence-corrected chi connectivity index (χ3v) is 3.33. The van der Waals surface area contributed by atoms with E-state index >= 15 is 0 Å². The van der Waals surface area contributed by atoms with Crippen LogP contribution in [0.2, 0.25) is 0 Å². The van der Waals surface area contributed by atoms with Crippen molar-refractivity contribution in [2.75, 3.05) is 20.6 Å². The van der Waals surface area contributed by atoms with Gasteiger partial charge in [0.25, 0.3) is 0 Å². The zero-order valence-corrected chi connectivity index (χ0v) is 13.3. The molecule has 0 heterocycles. The Balaban J connectivity index is 4.47. The first-order valence-corrected chi connectivity index (χ1v) is 6.60. The van der Waals surface area contributed by atoms with E-state index in [4.69, 9.17) is 0 Å². The Morgan fingerprint density at radius 1 is 1.17 bits per heavy atom. The molecule has 0 rings (SSSR count). The van der Waals surface area contributed by atoms with E-state index in [-0.39, 0.29) is 36.0 Å². The first kappa shape index (κ1) is 17.4. The van der Waals surface area contributed by atoms with Gasteiger partial charge in [-0.2, -0.15) is 0 Å². The van der Waals surface area contributed by atoms with Gasteiger partial charge < -0.3 is 9.69 Å². The molecule has 0 bridgehead atoms. The topological polar surface area (TPSA) is 40.6 Å². The maximum Gasteiger partial charge on any atom is 0.232 e. The van der Waals surface area contributed by atoms with Crippen LogP contribution in [0, 0.1) is 5.41 Å². The lowest BCUT2D eigenvalue weighted by atomic mass is 9.86. The lowest BCUT2D eigenvalue weighted by Crippen LogP contribution is -2.47. The minimum Gasteiger partial charge on any atom is -0.304 e. The van der Waals surface area contributed by atoms with Crippen LogP contribution in [0.4, 0.5) is 0 Å². The fourth-order valence-corrected chi connectivity index (χ4v) is 2.14. The minimum atomic E-state index is -0.0929. The second kappa shape index (κ2) is 7.14. The lowest BCUT2D eigenvalue weighted by molar-refractivity contribution is -0.129. The van der Waals surface area contributed by atoms with Gasteiger partial charge in [0.15, 0.2) is 0 Å². The van der Waals surface area contributed by atoms with Crippen molar-refractivity contribution in [2.45, 2.75) is 46.6 Å². The Kier molecular flexibility index (Phi) is 6.92. The number of likely N-dealkylation sites (N-methyl/N-ethyl adjacent to an activating group) is 1. The van der Waals surface area contributed by atoms with Crippen molar-refractivity contribution in [3.8, 4) is 0 Å². The highest BCUT2D eigenvalue weighted by Gasteiger charge is 2.29. The van der Waals surface area contributed by atoms with Crippen LogP contribution in [0.5, 0.6) is 0 Å². The van der Waals surface area contributed by atoms with E-state index in [1.807, 2.05) is 14.1 Å². The standard InChI is InChI=1S/C13H26N2O2S/c1-10(16)7-8-12(17)15(18)9-11(14(5)6)13(2,3)4/h11,18H,7-9H2,1-6H3. The molecule has 0 aliphatic rings. The summed E-state index contributed by atoms with van der Waals surface area (Å²) in [5, 5.41) is 0. The van der Waals surface area contributed by atoms with E-state index in [0.29, 0.717) is 6.54 Å². The summed E-state index contributed by atoms with van der Waals surface area (Å²) in [6, 6.07) is 0.219. The monoisotopic (exact) mass is 274 g/mol. The van der Waals surface area contributed by atoms with Crippen LogP contribution < -0.4 is 0 Å². The molecular weight excluding hydrogens is 248 g/mol. The van der Waals surface area contributed by atoms with Gasteiger partial charge in [-0.1, -0.05) is 33.6 Å². The molecule has 0 spiro atoms. The molecule has 0 saturated heterocycles. The van der Waals surface area contributed by atoms with Gasteiger partial charge in [0, 0.05) is 25.4 Å². The molecule has 0 fully saturated rings. The van der Waals surface area contributed by atoms with E-state index in [1.54, 1.807) is 0 Å². The third kappa shape index (κ3) is 6.40. The van der Waals surface area contributed by atoms with Crippen molar-refractivity contribution >= 4 is 24.5 Å². The molecule has 0 aliphatic heterocycles. The van der Waals surface area contributed by atoms with Crippen molar-refractivity contribution in [1.82, 2.24) is 9.21 Å². The Hall–Kier alpha value is -0.550. The summed E-state index contributed by atoms with van der Waals surface area (Å²) in [5.74, 6) is -0.0605. The number of nitrogens with zero attached hydrogens (tertiary/aromatic N) is 2. The van der Waals surface area contributed by atoms with Crippen LogP contribution in [-0.2, 0) is 9.59 Å². The quantitative estimate of drug-likeness (QED) is 0.753. The van der Waals surface area contributed by atoms with Gasteiger partial charge >= 0.3 is 0 Å². The summed E-state index contributed by atoms with van der Waals surface area (Å²) in [4.78, 5) is 24.8. The molecule has 0 aromatic carbocycles. The van der Waals surface area contributed by atoms with Crippen LogP contribution in [-0.4, -0.2) is 47.6 Å². The number of ketones is 1. The Labute approximate surface area is 116 Å². The van der Waals surface area contributed by atoms with Gasteiger partial charge in [-0.05, 0) is 26.4 Å². The summed E-state index contributed by atoms with van der Waals surface area (Å²) < 4.78 is 1.43. The van der Waals surface area contributed by atoms with Crippen molar-refractivity contribution in [3.63, 3.8) is 0 Å². The van der Waals surface area contributed by atoms with Crippen LogP contribution in [0.25, 0.3) is 0 Å². The second-order valence-electron chi connectivity index (χ2n) is 6.02. The fourth-order valence-electron chi connectivity index (χ4n) is 1.89. The Morgan fingerprint density at radius 3 is 2.00 bits per heavy atom. The predicted octanol–water partition coefficient (Wildman–Crippen LogP) is 2.01.